The van der Waals surface area contributed by atoms with Crippen LogP contribution in [-0.4, -0.2) is 55.3 Å². The number of likely N-dealkylation sites (N-methyl/N-ethyl adjacent to an activating group) is 1. The average Bonchev–Trinajstić information content (AvgIpc) is 2.50. The lowest BCUT2D eigenvalue weighted by atomic mass is 10.1. The van der Waals surface area contributed by atoms with E-state index in [1.54, 1.807) is 0 Å². The van der Waals surface area contributed by atoms with Crippen molar-refractivity contribution in [2.24, 2.45) is 0 Å². The van der Waals surface area contributed by atoms with Gasteiger partial charge in [0.1, 0.15) is 0 Å². The Morgan fingerprint density at radius 3 is 2.28 bits per heavy atom. The van der Waals surface area contributed by atoms with Crippen LogP contribution in [0.4, 0.5) is 0 Å². The van der Waals surface area contributed by atoms with Gasteiger partial charge in [-0.15, -0.1) is 0 Å². The Kier molecular flexibility index (Phi) is 4.94. The Hall–Kier alpha value is -0.430. The summed E-state index contributed by atoms with van der Waals surface area (Å²) in [6, 6.07) is 0. The first-order chi connectivity index (χ1) is 8.16. The molecule has 18 heavy (non-hydrogen) atoms. The molecule has 1 N–H and O–H groups in total. The predicted molar refractivity (Wildman–Crippen MR) is 74.6 cm³/mol. The molecule has 0 aromatic rings. The third-order valence-electron chi connectivity index (χ3n) is 2.87. The molecule has 0 radical (unpaired) electrons. The number of nitrogens with one attached hydrogen (secondary N) is 1. The lowest BCUT2D eigenvalue weighted by Gasteiger charge is -2.23. The smallest absolute Gasteiger partial charge is 0.282 e. The molecule has 1 saturated heterocycles. The van der Waals surface area contributed by atoms with E-state index in [2.05, 4.69) is 32.7 Å². The topological polar surface area (TPSA) is 52.6 Å². The molecule has 0 atom stereocenters. The Balaban J connectivity index is 2.52. The van der Waals surface area contributed by atoms with E-state index in [1.807, 2.05) is 6.92 Å². The Morgan fingerprint density at radius 2 is 1.83 bits per heavy atom. The molecule has 0 aromatic heterocycles. The molecule has 0 amide bonds. The van der Waals surface area contributed by atoms with E-state index < -0.39 is 10.2 Å². The molecule has 1 heterocycles. The largest absolute Gasteiger partial charge is 0.308 e. The van der Waals surface area contributed by atoms with Crippen molar-refractivity contribution in [3.8, 4) is 0 Å². The fraction of sp³-hybridized carbons (Fsp3) is 0.833. The second kappa shape index (κ2) is 5.69. The van der Waals surface area contributed by atoms with Gasteiger partial charge in [-0.05, 0) is 26.3 Å². The van der Waals surface area contributed by atoms with E-state index in [4.69, 9.17) is 0 Å². The summed E-state index contributed by atoms with van der Waals surface area (Å²) < 4.78 is 27.1. The van der Waals surface area contributed by atoms with Crippen LogP contribution in [0.1, 0.15) is 27.7 Å². The highest BCUT2D eigenvalue weighted by atomic mass is 32.2. The minimum atomic E-state index is -3.25. The molecule has 0 spiro atoms. The summed E-state index contributed by atoms with van der Waals surface area (Å²) in [6.07, 6.45) is 0. The molecule has 6 heteroatoms. The van der Waals surface area contributed by atoms with Crippen molar-refractivity contribution in [3.63, 3.8) is 0 Å². The first-order valence-corrected chi connectivity index (χ1v) is 7.73. The molecule has 106 valence electrons. The van der Waals surface area contributed by atoms with Gasteiger partial charge in [-0.3, -0.25) is 0 Å². The van der Waals surface area contributed by atoms with E-state index in [9.17, 15) is 8.42 Å². The molecule has 1 rings (SSSR count). The Labute approximate surface area is 111 Å². The number of rotatable bonds is 5. The molecule has 1 aliphatic rings. The monoisotopic (exact) mass is 275 g/mol. The van der Waals surface area contributed by atoms with Crippen molar-refractivity contribution in [1.82, 2.24) is 13.9 Å². The summed E-state index contributed by atoms with van der Waals surface area (Å²) in [6.45, 7) is 14.8. The first-order valence-electron chi connectivity index (χ1n) is 6.33. The third kappa shape index (κ3) is 4.05. The van der Waals surface area contributed by atoms with Gasteiger partial charge >= 0.3 is 0 Å². The fourth-order valence-corrected chi connectivity index (χ4v) is 3.42. The van der Waals surface area contributed by atoms with Crippen LogP contribution in [0.5, 0.6) is 0 Å². The van der Waals surface area contributed by atoms with Crippen LogP contribution in [0.15, 0.2) is 12.2 Å². The average molecular weight is 275 g/mol. The lowest BCUT2D eigenvalue weighted by Crippen LogP contribution is -2.39. The summed E-state index contributed by atoms with van der Waals surface area (Å²) >= 11 is 0. The van der Waals surface area contributed by atoms with Crippen LogP contribution in [0, 0.1) is 0 Å². The van der Waals surface area contributed by atoms with Crippen LogP contribution in [0.2, 0.25) is 0 Å². The molecule has 0 saturated carbocycles. The van der Waals surface area contributed by atoms with Gasteiger partial charge in [0.25, 0.3) is 10.2 Å². The van der Waals surface area contributed by atoms with E-state index in [-0.39, 0.29) is 5.54 Å². The van der Waals surface area contributed by atoms with Gasteiger partial charge in [0.15, 0.2) is 0 Å². The van der Waals surface area contributed by atoms with E-state index in [0.29, 0.717) is 32.7 Å². The van der Waals surface area contributed by atoms with Crippen LogP contribution in [0.25, 0.3) is 0 Å². The first kappa shape index (κ1) is 15.6. The fourth-order valence-electron chi connectivity index (χ4n) is 1.79. The van der Waals surface area contributed by atoms with Crippen LogP contribution in [0.3, 0.4) is 0 Å². The zero-order chi connectivity index (χ0) is 14.0. The highest BCUT2D eigenvalue weighted by Gasteiger charge is 2.35. The van der Waals surface area contributed by atoms with Gasteiger partial charge in [0.05, 0.1) is 0 Å². The standard InChI is InChI=1S/C12H25N3O2S/c1-6-14-7-8-15(18(14,16)17)10-11(2)9-13-12(3,4)5/h13H,2,6-10H2,1,3-5H3. The van der Waals surface area contributed by atoms with Crippen LogP contribution < -0.4 is 5.32 Å². The lowest BCUT2D eigenvalue weighted by molar-refractivity contribution is 0.428. The summed E-state index contributed by atoms with van der Waals surface area (Å²) in [5.41, 5.74) is 0.911. The van der Waals surface area contributed by atoms with E-state index in [0.717, 1.165) is 5.57 Å². The highest BCUT2D eigenvalue weighted by Crippen LogP contribution is 2.16. The molecule has 0 aromatic carbocycles. The molecular weight excluding hydrogens is 250 g/mol. The second-order valence-electron chi connectivity index (χ2n) is 5.69. The molecule has 0 bridgehead atoms. The van der Waals surface area contributed by atoms with E-state index >= 15 is 0 Å². The number of hydrogen-bond acceptors (Lipinski definition) is 3. The molecular formula is C12H25N3O2S. The number of nitrogens with zero attached hydrogens (tertiary/aromatic N) is 2. The van der Waals surface area contributed by atoms with Crippen molar-refractivity contribution in [3.05, 3.63) is 12.2 Å². The molecule has 0 aliphatic carbocycles. The zero-order valence-corrected chi connectivity index (χ0v) is 12.7. The summed E-state index contributed by atoms with van der Waals surface area (Å²) in [7, 11) is -3.25. The SMILES string of the molecule is C=C(CNC(C)(C)C)CN1CCN(CC)S1(=O)=O. The molecule has 0 unspecified atom stereocenters. The maximum Gasteiger partial charge on any atom is 0.282 e. The maximum absolute atomic E-state index is 12.1. The minimum Gasteiger partial charge on any atom is -0.308 e. The molecule has 5 nitrogen and oxygen atoms in total. The van der Waals surface area contributed by atoms with Crippen molar-refractivity contribution in [2.75, 3.05) is 32.7 Å². The summed E-state index contributed by atoms with van der Waals surface area (Å²) in [4.78, 5) is 0. The van der Waals surface area contributed by atoms with Crippen molar-refractivity contribution in [1.29, 1.82) is 0 Å². The normalized spacial score (nSPS) is 21.3. The predicted octanol–water partition coefficient (Wildman–Crippen LogP) is 0.813. The van der Waals surface area contributed by atoms with Crippen LogP contribution in [-0.2, 0) is 10.2 Å². The van der Waals surface area contributed by atoms with Gasteiger partial charge < -0.3 is 5.32 Å². The van der Waals surface area contributed by atoms with Gasteiger partial charge in [0.2, 0.25) is 0 Å². The van der Waals surface area contributed by atoms with Crippen molar-refractivity contribution in [2.45, 2.75) is 33.2 Å². The van der Waals surface area contributed by atoms with Gasteiger partial charge in [-0.2, -0.15) is 17.0 Å². The maximum atomic E-state index is 12.1. The Morgan fingerprint density at radius 1 is 1.28 bits per heavy atom. The Bertz CT molecular complexity index is 398. The third-order valence-corrected chi connectivity index (χ3v) is 4.93. The van der Waals surface area contributed by atoms with Crippen molar-refractivity contribution >= 4 is 10.2 Å². The molecule has 1 aliphatic heterocycles. The van der Waals surface area contributed by atoms with Gasteiger partial charge in [-0.1, -0.05) is 13.5 Å². The van der Waals surface area contributed by atoms with Gasteiger partial charge in [0, 0.05) is 38.3 Å². The zero-order valence-electron chi connectivity index (χ0n) is 11.9. The number of hydrogen-bond donors (Lipinski definition) is 1. The molecule has 1 fully saturated rings. The summed E-state index contributed by atoms with van der Waals surface area (Å²) in [5, 5.41) is 3.31. The quantitative estimate of drug-likeness (QED) is 0.756. The van der Waals surface area contributed by atoms with Crippen molar-refractivity contribution < 1.29 is 8.42 Å². The summed E-state index contributed by atoms with van der Waals surface area (Å²) in [5.74, 6) is 0. The van der Waals surface area contributed by atoms with Gasteiger partial charge in [-0.25, -0.2) is 0 Å². The van der Waals surface area contributed by atoms with Crippen LogP contribution >= 0.6 is 0 Å². The second-order valence-corrected chi connectivity index (χ2v) is 7.62. The highest BCUT2D eigenvalue weighted by molar-refractivity contribution is 7.87. The van der Waals surface area contributed by atoms with E-state index in [1.165, 1.54) is 8.61 Å². The minimum absolute atomic E-state index is 0.0161.